The second-order valence-electron chi connectivity index (χ2n) is 15.6. The first-order valence-electron chi connectivity index (χ1n) is 16.1. The van der Waals surface area contributed by atoms with E-state index in [0.717, 1.165) is 6.07 Å². The summed E-state index contributed by atoms with van der Waals surface area (Å²) in [5.74, 6) is -1.48. The minimum Gasteiger partial charge on any atom is -0.455 e. The average molecular weight is 694 g/mol. The minimum absolute atomic E-state index is 0.00297. The summed E-state index contributed by atoms with van der Waals surface area (Å²) in [7, 11) is 15.5. The fraction of sp³-hybridized carbons (Fsp3) is 0.241. The molecule has 21 heteroatoms. The van der Waals surface area contributed by atoms with Crippen LogP contribution in [-0.2, 0) is 10.0 Å². The Bertz CT molecular complexity index is 2030. The van der Waals surface area contributed by atoms with E-state index in [2.05, 4.69) is 81.3 Å². The van der Waals surface area contributed by atoms with Crippen molar-refractivity contribution in [3.63, 3.8) is 0 Å². The molecule has 1 heterocycles. The third-order valence-electron chi connectivity index (χ3n) is 9.25. The summed E-state index contributed by atoms with van der Waals surface area (Å²) >= 11 is 0. The topological polar surface area (TPSA) is 109 Å². The Morgan fingerprint density at radius 2 is 1.38 bits per heavy atom. The van der Waals surface area contributed by atoms with Gasteiger partial charge in [-0.3, -0.25) is 9.59 Å². The fourth-order valence-electron chi connectivity index (χ4n) is 8.14. The highest BCUT2D eigenvalue weighted by Crippen LogP contribution is 2.53. The van der Waals surface area contributed by atoms with Gasteiger partial charge >= 0.3 is 6.55 Å². The number of carbonyl (C=O) groups excluding carboxylic acids is 2. The molecule has 2 amide bonds. The van der Waals surface area contributed by atoms with Gasteiger partial charge in [-0.15, -0.1) is 0 Å². The van der Waals surface area contributed by atoms with Crippen LogP contribution in [0.3, 0.4) is 0 Å². The number of hydrogen-bond donors (Lipinski definition) is 2. The van der Waals surface area contributed by atoms with Crippen LogP contribution in [0.4, 0.5) is 18.9 Å². The van der Waals surface area contributed by atoms with Gasteiger partial charge in [0.1, 0.15) is 17.2 Å². The summed E-state index contributed by atoms with van der Waals surface area (Å²) in [6, 6.07) is 13.9. The smallest absolute Gasteiger partial charge is 0.327 e. The quantitative estimate of drug-likeness (QED) is 0.126. The monoisotopic (exact) mass is 695 g/mol. The van der Waals surface area contributed by atoms with Crippen LogP contribution in [0.1, 0.15) is 20.7 Å². The number of fused-ring (bicyclic) bond motifs is 1. The van der Waals surface area contributed by atoms with E-state index in [-0.39, 0.29) is 43.3 Å². The molecule has 0 radical (unpaired) electrons. The molecule has 3 aromatic carbocycles. The van der Waals surface area contributed by atoms with Crippen LogP contribution in [0.15, 0.2) is 65.1 Å². The van der Waals surface area contributed by atoms with E-state index >= 15 is 0 Å². The normalized spacial score (nSPS) is 12.9. The van der Waals surface area contributed by atoms with E-state index in [4.69, 9.17) is 4.42 Å². The van der Waals surface area contributed by atoms with E-state index in [9.17, 15) is 31.2 Å². The van der Waals surface area contributed by atoms with Crippen LogP contribution in [-0.4, -0.2) is 116 Å². The molecule has 2 N–H and O–H groups in total. The zero-order valence-corrected chi connectivity index (χ0v) is 31.2. The summed E-state index contributed by atoms with van der Waals surface area (Å²) < 4.78 is 74.7. The summed E-state index contributed by atoms with van der Waals surface area (Å²) in [5, 5.41) is 4.85. The van der Waals surface area contributed by atoms with Gasteiger partial charge in [-0.1, -0.05) is 27.5 Å². The van der Waals surface area contributed by atoms with Crippen molar-refractivity contribution in [2.75, 3.05) is 17.6 Å². The predicted molar refractivity (Wildman–Crippen MR) is 219 cm³/mol. The number of benzene rings is 3. The van der Waals surface area contributed by atoms with Crippen LogP contribution in [0.25, 0.3) is 33.4 Å². The van der Waals surface area contributed by atoms with Crippen molar-refractivity contribution >= 4 is 109 Å². The lowest BCUT2D eigenvalue weighted by Gasteiger charge is -2.63. The number of nitrogens with zero attached hydrogens (tertiary/aromatic N) is 1. The molecule has 252 valence electrons. The Labute approximate surface area is 299 Å². The van der Waals surface area contributed by atoms with Crippen molar-refractivity contribution in [3.05, 3.63) is 77.6 Å². The van der Waals surface area contributed by atoms with Crippen LogP contribution < -0.4 is 14.9 Å². The largest absolute Gasteiger partial charge is 0.455 e. The maximum absolute atomic E-state index is 14.6. The highest BCUT2D eigenvalue weighted by atomic mass is 32.2. The maximum atomic E-state index is 14.6. The van der Waals surface area contributed by atoms with Gasteiger partial charge in [0.25, 0.3) is 11.8 Å². The van der Waals surface area contributed by atoms with Crippen LogP contribution in [0.5, 0.6) is 0 Å². The summed E-state index contributed by atoms with van der Waals surface area (Å²) in [4.78, 5) is 27.5. The molecule has 1 aromatic heterocycles. The molecule has 0 fully saturated rings. The third-order valence-corrected chi connectivity index (χ3v) is 10.3. The lowest BCUT2D eigenvalue weighted by molar-refractivity contribution is 0.0895. The maximum Gasteiger partial charge on any atom is 0.327 e. The molecule has 0 unspecified atom stereocenters. The molecule has 4 aromatic rings. The Hall–Kier alpha value is -3.74. The van der Waals surface area contributed by atoms with Crippen LogP contribution in [0, 0.1) is 5.82 Å². The van der Waals surface area contributed by atoms with Crippen molar-refractivity contribution in [1.82, 2.24) is 10.6 Å². The Balaban J connectivity index is 2.04. The standard InChI is InChI=1S/C29H37B9F3N3O5S/c1-42-24(46)21-18-11-17(14-4-3-5-15(10-14)23(45)43-26(27(30,31)32,28(33,34)35)29(36,37)38)19(44(25(40)41)50(2,47)48)12-20(18)49-22(21)13-6-8-16(39)9-7-13/h3-12,25H,30-38H2,1-2H3,(H,42,46)(H,43,45). The first-order valence-corrected chi connectivity index (χ1v) is 18.0. The molecular formula is C29H37B9F3N3O5S. The molecule has 50 heavy (non-hydrogen) atoms. The number of alkyl halides is 2. The van der Waals surface area contributed by atoms with Gasteiger partial charge in [0.2, 0.25) is 10.0 Å². The van der Waals surface area contributed by atoms with E-state index in [1.165, 1.54) is 43.4 Å². The number of halogens is 3. The molecule has 0 atom stereocenters. The highest BCUT2D eigenvalue weighted by Gasteiger charge is 2.56. The number of carbonyl (C=O) groups is 2. The van der Waals surface area contributed by atoms with Crippen molar-refractivity contribution in [3.8, 4) is 22.5 Å². The molecule has 0 saturated carbocycles. The van der Waals surface area contributed by atoms with Crippen LogP contribution >= 0.6 is 0 Å². The van der Waals surface area contributed by atoms with Gasteiger partial charge in [-0.2, -0.15) is 8.78 Å². The van der Waals surface area contributed by atoms with Gasteiger partial charge in [0, 0.05) is 35.2 Å². The Kier molecular flexibility index (Phi) is 10.5. The number of furan rings is 1. The summed E-state index contributed by atoms with van der Waals surface area (Å²) in [6.45, 7) is -3.48. The van der Waals surface area contributed by atoms with Gasteiger partial charge < -0.3 is 15.1 Å². The van der Waals surface area contributed by atoms with E-state index in [1.807, 2.05) is 0 Å². The second-order valence-corrected chi connectivity index (χ2v) is 17.5. The third kappa shape index (κ3) is 7.07. The molecule has 0 aliphatic heterocycles. The number of anilines is 1. The minimum atomic E-state index is -4.56. The SMILES string of the molecule is BC(B)(B)C(NC(=O)c1cccc(-c2cc3c(C(=O)NC)c(-c4ccc(F)cc4)oc3cc2N(C(F)F)S(C)(=O)=O)c1)(C(B)(B)B)C(B)(B)B. The average Bonchev–Trinajstić information content (AvgIpc) is 3.35. The first-order chi connectivity index (χ1) is 22.9. The molecule has 0 bridgehead atoms. The molecule has 0 aliphatic carbocycles. The summed E-state index contributed by atoms with van der Waals surface area (Å²) in [5.41, 5.74) is -0.417. The lowest BCUT2D eigenvalue weighted by atomic mass is 9.12. The van der Waals surface area contributed by atoms with E-state index in [1.54, 1.807) is 18.2 Å². The highest BCUT2D eigenvalue weighted by molar-refractivity contribution is 7.92. The Morgan fingerprint density at radius 1 is 0.820 bits per heavy atom. The van der Waals surface area contributed by atoms with Gasteiger partial charge in [-0.25, -0.2) is 17.1 Å². The van der Waals surface area contributed by atoms with Crippen LogP contribution in [0.2, 0.25) is 15.3 Å². The zero-order valence-electron chi connectivity index (χ0n) is 30.4. The van der Waals surface area contributed by atoms with Gasteiger partial charge in [0.15, 0.2) is 0 Å². The molecule has 0 saturated heterocycles. The van der Waals surface area contributed by atoms with Gasteiger partial charge in [-0.05, 0) is 53.6 Å². The fourth-order valence-corrected chi connectivity index (χ4v) is 8.94. The summed E-state index contributed by atoms with van der Waals surface area (Å²) in [6.07, 6.45) is 0.657. The number of sulfonamides is 1. The Morgan fingerprint density at radius 3 is 1.86 bits per heavy atom. The number of amides is 2. The predicted octanol–water partition coefficient (Wildman–Crippen LogP) is -3.36. The van der Waals surface area contributed by atoms with Crippen molar-refractivity contribution in [2.45, 2.75) is 27.4 Å². The second kappa shape index (κ2) is 13.4. The number of nitrogens with one attached hydrogen (secondary N) is 2. The molecule has 8 nitrogen and oxygen atoms in total. The number of rotatable bonds is 11. The molecular weight excluding hydrogens is 657 g/mol. The van der Waals surface area contributed by atoms with Crippen molar-refractivity contribution < 1.29 is 35.6 Å². The first kappa shape index (κ1) is 39.1. The zero-order chi connectivity index (χ0) is 37.8. The van der Waals surface area contributed by atoms with Crippen molar-refractivity contribution in [2.24, 2.45) is 0 Å². The van der Waals surface area contributed by atoms with Crippen molar-refractivity contribution in [1.29, 1.82) is 0 Å². The van der Waals surface area contributed by atoms with Gasteiger partial charge in [0.05, 0.1) is 88.1 Å². The molecule has 0 aliphatic rings. The number of hydrogen-bond acceptors (Lipinski definition) is 5. The van der Waals surface area contributed by atoms with E-state index < -0.39 is 60.8 Å². The van der Waals surface area contributed by atoms with E-state index in [0.29, 0.717) is 11.8 Å². The lowest BCUT2D eigenvalue weighted by Crippen LogP contribution is -2.71. The molecule has 0 spiro atoms. The molecule has 4 rings (SSSR count).